The van der Waals surface area contributed by atoms with Gasteiger partial charge in [-0.25, -0.2) is 4.98 Å². The summed E-state index contributed by atoms with van der Waals surface area (Å²) in [7, 11) is 0. The van der Waals surface area contributed by atoms with E-state index in [1.165, 1.54) is 11.3 Å². The van der Waals surface area contributed by atoms with E-state index in [0.717, 1.165) is 4.88 Å². The number of thiazole rings is 1. The maximum atomic E-state index is 11.9. The van der Waals surface area contributed by atoms with Gasteiger partial charge < -0.3 is 9.64 Å². The van der Waals surface area contributed by atoms with Gasteiger partial charge in [0.25, 0.3) is 5.91 Å². The van der Waals surface area contributed by atoms with Gasteiger partial charge in [-0.1, -0.05) is 0 Å². The molecule has 1 fully saturated rings. The molecule has 1 amide bonds. The molecule has 14 heavy (non-hydrogen) atoms. The van der Waals surface area contributed by atoms with Crippen LogP contribution in [0.4, 0.5) is 0 Å². The van der Waals surface area contributed by atoms with Crippen molar-refractivity contribution < 1.29 is 9.53 Å². The molecular formula is C9H12N2O2S. The zero-order valence-electron chi connectivity index (χ0n) is 8.02. The third-order valence-electron chi connectivity index (χ3n) is 2.25. The smallest absolute Gasteiger partial charge is 0.273 e. The molecule has 5 heteroatoms. The number of rotatable bonds is 1. The van der Waals surface area contributed by atoms with Crippen LogP contribution in [0, 0.1) is 6.92 Å². The highest BCUT2D eigenvalue weighted by molar-refractivity contribution is 7.09. The fourth-order valence-electron chi connectivity index (χ4n) is 1.43. The number of carbonyl (C=O) groups excluding carboxylic acids is 1. The number of ether oxygens (including phenoxy) is 1. The highest BCUT2D eigenvalue weighted by Crippen LogP contribution is 2.14. The molecule has 1 saturated heterocycles. The third kappa shape index (κ3) is 1.78. The maximum absolute atomic E-state index is 11.9. The Morgan fingerprint density at radius 1 is 1.57 bits per heavy atom. The van der Waals surface area contributed by atoms with Crippen LogP contribution in [0.3, 0.4) is 0 Å². The summed E-state index contributed by atoms with van der Waals surface area (Å²) >= 11 is 1.51. The van der Waals surface area contributed by atoms with Gasteiger partial charge in [-0.3, -0.25) is 4.79 Å². The fourth-order valence-corrected chi connectivity index (χ4v) is 1.99. The molecule has 0 unspecified atom stereocenters. The fraction of sp³-hybridized carbons (Fsp3) is 0.556. The Kier molecular flexibility index (Phi) is 2.79. The van der Waals surface area contributed by atoms with E-state index in [0.29, 0.717) is 32.0 Å². The first-order valence-corrected chi connectivity index (χ1v) is 5.44. The van der Waals surface area contributed by atoms with Crippen LogP contribution < -0.4 is 0 Å². The van der Waals surface area contributed by atoms with Crippen molar-refractivity contribution in [3.8, 4) is 0 Å². The van der Waals surface area contributed by atoms with Crippen LogP contribution in [-0.2, 0) is 4.74 Å². The van der Waals surface area contributed by atoms with E-state index in [9.17, 15) is 4.79 Å². The van der Waals surface area contributed by atoms with E-state index in [1.54, 1.807) is 10.4 Å². The van der Waals surface area contributed by atoms with E-state index in [4.69, 9.17) is 4.74 Å². The quantitative estimate of drug-likeness (QED) is 0.695. The largest absolute Gasteiger partial charge is 0.378 e. The summed E-state index contributed by atoms with van der Waals surface area (Å²) in [4.78, 5) is 18.8. The van der Waals surface area contributed by atoms with Crippen molar-refractivity contribution >= 4 is 17.2 Å². The van der Waals surface area contributed by atoms with Crippen molar-refractivity contribution in [1.82, 2.24) is 9.88 Å². The summed E-state index contributed by atoms with van der Waals surface area (Å²) in [5.41, 5.74) is 2.31. The highest BCUT2D eigenvalue weighted by atomic mass is 32.1. The lowest BCUT2D eigenvalue weighted by molar-refractivity contribution is 0.0299. The first-order chi connectivity index (χ1) is 6.79. The lowest BCUT2D eigenvalue weighted by Crippen LogP contribution is -2.41. The summed E-state index contributed by atoms with van der Waals surface area (Å²) in [6.45, 7) is 4.54. The standard InChI is InChI=1S/C9H12N2O2S/c1-7-8(10-6-14-7)9(12)11-2-4-13-5-3-11/h6H,2-5H2,1H3. The summed E-state index contributed by atoms with van der Waals surface area (Å²) in [6, 6.07) is 0. The minimum absolute atomic E-state index is 0.0343. The molecule has 1 aromatic rings. The van der Waals surface area contributed by atoms with E-state index < -0.39 is 0 Å². The predicted octanol–water partition coefficient (Wildman–Crippen LogP) is 0.924. The summed E-state index contributed by atoms with van der Waals surface area (Å²) in [6.07, 6.45) is 0. The molecule has 0 spiro atoms. The zero-order chi connectivity index (χ0) is 9.97. The number of amides is 1. The average Bonchev–Trinajstić information content (AvgIpc) is 2.65. The molecule has 0 aromatic carbocycles. The second-order valence-corrected chi connectivity index (χ2v) is 4.22. The number of nitrogens with zero attached hydrogens (tertiary/aromatic N) is 2. The second-order valence-electron chi connectivity index (χ2n) is 3.16. The molecule has 0 aliphatic carbocycles. The summed E-state index contributed by atoms with van der Waals surface area (Å²) < 4.78 is 5.19. The van der Waals surface area contributed by atoms with Crippen molar-refractivity contribution in [2.75, 3.05) is 26.3 Å². The number of morpholine rings is 1. The summed E-state index contributed by atoms with van der Waals surface area (Å²) in [5.74, 6) is 0.0343. The lowest BCUT2D eigenvalue weighted by atomic mass is 10.3. The van der Waals surface area contributed by atoms with Crippen LogP contribution in [0.15, 0.2) is 5.51 Å². The molecule has 0 saturated carbocycles. The molecule has 0 atom stereocenters. The van der Waals surface area contributed by atoms with Gasteiger partial charge in [-0.15, -0.1) is 11.3 Å². The van der Waals surface area contributed by atoms with Gasteiger partial charge in [0.2, 0.25) is 0 Å². The summed E-state index contributed by atoms with van der Waals surface area (Å²) in [5, 5.41) is 0. The van der Waals surface area contributed by atoms with Gasteiger partial charge in [0, 0.05) is 18.0 Å². The SMILES string of the molecule is Cc1scnc1C(=O)N1CCOCC1. The number of hydrogen-bond acceptors (Lipinski definition) is 4. The Hall–Kier alpha value is -0.940. The molecule has 76 valence electrons. The molecular weight excluding hydrogens is 200 g/mol. The number of aryl methyl sites for hydroxylation is 1. The minimum Gasteiger partial charge on any atom is -0.378 e. The Balaban J connectivity index is 2.11. The lowest BCUT2D eigenvalue weighted by Gasteiger charge is -2.26. The van der Waals surface area contributed by atoms with E-state index >= 15 is 0 Å². The van der Waals surface area contributed by atoms with Gasteiger partial charge in [-0.05, 0) is 6.92 Å². The van der Waals surface area contributed by atoms with Crippen LogP contribution in [0.5, 0.6) is 0 Å². The topological polar surface area (TPSA) is 42.4 Å². The molecule has 1 aliphatic rings. The van der Waals surface area contributed by atoms with Crippen LogP contribution in [0.25, 0.3) is 0 Å². The molecule has 2 rings (SSSR count). The molecule has 0 bridgehead atoms. The Morgan fingerprint density at radius 3 is 2.86 bits per heavy atom. The molecule has 0 radical (unpaired) electrons. The Morgan fingerprint density at radius 2 is 2.29 bits per heavy atom. The van der Waals surface area contributed by atoms with Crippen molar-refractivity contribution in [3.05, 3.63) is 16.1 Å². The van der Waals surface area contributed by atoms with Gasteiger partial charge in [0.1, 0.15) is 5.69 Å². The van der Waals surface area contributed by atoms with Crippen molar-refractivity contribution in [1.29, 1.82) is 0 Å². The van der Waals surface area contributed by atoms with Crippen LogP contribution in [0.2, 0.25) is 0 Å². The third-order valence-corrected chi connectivity index (χ3v) is 3.00. The van der Waals surface area contributed by atoms with Gasteiger partial charge in [0.05, 0.1) is 18.7 Å². The van der Waals surface area contributed by atoms with E-state index in [2.05, 4.69) is 4.98 Å². The van der Waals surface area contributed by atoms with E-state index in [1.807, 2.05) is 6.92 Å². The van der Waals surface area contributed by atoms with Gasteiger partial charge in [0.15, 0.2) is 0 Å². The van der Waals surface area contributed by atoms with Crippen molar-refractivity contribution in [2.45, 2.75) is 6.92 Å². The zero-order valence-corrected chi connectivity index (χ0v) is 8.84. The predicted molar refractivity (Wildman–Crippen MR) is 53.6 cm³/mol. The van der Waals surface area contributed by atoms with Crippen LogP contribution in [0.1, 0.15) is 15.4 Å². The van der Waals surface area contributed by atoms with Crippen LogP contribution >= 0.6 is 11.3 Å². The van der Waals surface area contributed by atoms with Crippen molar-refractivity contribution in [3.63, 3.8) is 0 Å². The van der Waals surface area contributed by atoms with Gasteiger partial charge >= 0.3 is 0 Å². The van der Waals surface area contributed by atoms with Gasteiger partial charge in [-0.2, -0.15) is 0 Å². The molecule has 1 aliphatic heterocycles. The van der Waals surface area contributed by atoms with E-state index in [-0.39, 0.29) is 5.91 Å². The number of hydrogen-bond donors (Lipinski definition) is 0. The Labute approximate surface area is 86.5 Å². The first kappa shape index (κ1) is 9.61. The first-order valence-electron chi connectivity index (χ1n) is 4.56. The average molecular weight is 212 g/mol. The molecule has 2 heterocycles. The molecule has 4 nitrogen and oxygen atoms in total. The molecule has 0 N–H and O–H groups in total. The maximum Gasteiger partial charge on any atom is 0.273 e. The highest BCUT2D eigenvalue weighted by Gasteiger charge is 2.21. The monoisotopic (exact) mass is 212 g/mol. The normalized spacial score (nSPS) is 17.1. The Bertz CT molecular complexity index is 331. The number of carbonyl (C=O) groups is 1. The van der Waals surface area contributed by atoms with Crippen LogP contribution in [-0.4, -0.2) is 42.1 Å². The van der Waals surface area contributed by atoms with Crippen molar-refractivity contribution in [2.24, 2.45) is 0 Å². The number of aromatic nitrogens is 1. The second kappa shape index (κ2) is 4.06. The minimum atomic E-state index is 0.0343. The molecule has 1 aromatic heterocycles.